The fourth-order valence-electron chi connectivity index (χ4n) is 4.28. The Morgan fingerprint density at radius 3 is 1.97 bits per heavy atom. The Morgan fingerprint density at radius 2 is 1.38 bits per heavy atom. The van der Waals surface area contributed by atoms with Crippen LogP contribution in [-0.2, 0) is 0 Å². The molecule has 1 unspecified atom stereocenters. The molecule has 146 valence electrons. The van der Waals surface area contributed by atoms with E-state index >= 15 is 0 Å². The van der Waals surface area contributed by atoms with Crippen LogP contribution in [0, 0.1) is 0 Å². The highest BCUT2D eigenvalue weighted by molar-refractivity contribution is 6.30. The van der Waals surface area contributed by atoms with Gasteiger partial charge in [0.1, 0.15) is 0 Å². The van der Waals surface area contributed by atoms with Gasteiger partial charge in [-0.15, -0.1) is 0 Å². The summed E-state index contributed by atoms with van der Waals surface area (Å²) in [6.45, 7) is 7.59. The maximum Gasteiger partial charge on any atom is 0.0802 e. The van der Waals surface area contributed by atoms with E-state index in [4.69, 9.17) is 11.6 Å². The minimum atomic E-state index is 0.174. The third-order valence-electron chi connectivity index (χ3n) is 5.71. The van der Waals surface area contributed by atoms with E-state index in [2.05, 4.69) is 98.5 Å². The van der Waals surface area contributed by atoms with Crippen LogP contribution in [0.1, 0.15) is 37.9 Å². The molecule has 1 atom stereocenters. The summed E-state index contributed by atoms with van der Waals surface area (Å²) in [5, 5.41) is 0.771. The zero-order valence-electron chi connectivity index (χ0n) is 17.2. The van der Waals surface area contributed by atoms with Gasteiger partial charge in [-0.3, -0.25) is 0 Å². The van der Waals surface area contributed by atoms with Crippen molar-refractivity contribution in [2.45, 2.75) is 26.8 Å². The van der Waals surface area contributed by atoms with Gasteiger partial charge in [-0.25, -0.2) is 0 Å². The normalized spacial score (nSPS) is 18.1. The van der Waals surface area contributed by atoms with E-state index in [0.29, 0.717) is 0 Å². The molecule has 0 radical (unpaired) electrons. The molecule has 0 saturated carbocycles. The summed E-state index contributed by atoms with van der Waals surface area (Å²) in [4.78, 5) is 2.51. The fraction of sp³-hybridized carbons (Fsp3) is 0.185. The summed E-state index contributed by atoms with van der Waals surface area (Å²) in [5.74, 6) is 0. The average molecular weight is 400 g/mol. The Labute approximate surface area is 179 Å². The van der Waals surface area contributed by atoms with Gasteiger partial charge in [0, 0.05) is 17.3 Å². The molecule has 1 saturated heterocycles. The van der Waals surface area contributed by atoms with Crippen molar-refractivity contribution in [2.24, 2.45) is 0 Å². The standard InChI is InChI=1S/C27H26ClN/c1-19(2)26-25(20(3)21-10-6-4-7-11-21)18-29(24-12-8-5-9-13-24)27(26)22-14-16-23(28)17-15-22/h4-17,27H,18H2,1-3H3/b25-20+. The molecule has 1 fully saturated rings. The number of halogens is 1. The fourth-order valence-corrected chi connectivity index (χ4v) is 4.40. The molecule has 0 N–H and O–H groups in total. The number of rotatable bonds is 3. The minimum absolute atomic E-state index is 0.174. The van der Waals surface area contributed by atoms with Gasteiger partial charge in [-0.05, 0) is 72.9 Å². The Balaban J connectivity index is 1.92. The molecule has 0 spiro atoms. The number of para-hydroxylation sites is 1. The molecule has 1 heterocycles. The summed E-state index contributed by atoms with van der Waals surface area (Å²) in [7, 11) is 0. The molecule has 0 aromatic heterocycles. The molecule has 1 aliphatic rings. The molecule has 3 aromatic rings. The maximum absolute atomic E-state index is 6.19. The molecule has 0 bridgehead atoms. The van der Waals surface area contributed by atoms with Gasteiger partial charge in [0.25, 0.3) is 0 Å². The Hall–Kier alpha value is -2.77. The van der Waals surface area contributed by atoms with E-state index in [1.165, 1.54) is 39.1 Å². The molecule has 0 amide bonds. The van der Waals surface area contributed by atoms with Crippen molar-refractivity contribution >= 4 is 22.9 Å². The summed E-state index contributed by atoms with van der Waals surface area (Å²) in [6.07, 6.45) is 0. The van der Waals surface area contributed by atoms with Crippen LogP contribution in [0.4, 0.5) is 5.69 Å². The lowest BCUT2D eigenvalue weighted by Crippen LogP contribution is -2.23. The lowest BCUT2D eigenvalue weighted by Gasteiger charge is -2.28. The van der Waals surface area contributed by atoms with Crippen molar-refractivity contribution in [3.05, 3.63) is 118 Å². The highest BCUT2D eigenvalue weighted by Crippen LogP contribution is 2.46. The lowest BCUT2D eigenvalue weighted by atomic mass is 9.89. The predicted octanol–water partition coefficient (Wildman–Crippen LogP) is 7.71. The first-order valence-corrected chi connectivity index (χ1v) is 10.4. The van der Waals surface area contributed by atoms with Crippen LogP contribution in [0.2, 0.25) is 5.02 Å². The molecule has 4 rings (SSSR count). The van der Waals surface area contributed by atoms with Crippen LogP contribution < -0.4 is 4.90 Å². The van der Waals surface area contributed by atoms with Gasteiger partial charge in [-0.2, -0.15) is 0 Å². The number of allylic oxidation sites excluding steroid dienone is 2. The van der Waals surface area contributed by atoms with Crippen LogP contribution in [0.15, 0.2) is 102 Å². The van der Waals surface area contributed by atoms with Crippen LogP contribution in [0.3, 0.4) is 0 Å². The summed E-state index contributed by atoms with van der Waals surface area (Å²) in [5.41, 5.74) is 9.32. The first-order valence-electron chi connectivity index (χ1n) is 10.1. The zero-order valence-corrected chi connectivity index (χ0v) is 17.9. The van der Waals surface area contributed by atoms with Crippen molar-refractivity contribution < 1.29 is 0 Å². The third-order valence-corrected chi connectivity index (χ3v) is 5.96. The van der Waals surface area contributed by atoms with E-state index in [-0.39, 0.29) is 6.04 Å². The Kier molecular flexibility index (Phi) is 5.60. The molecule has 29 heavy (non-hydrogen) atoms. The minimum Gasteiger partial charge on any atom is -0.356 e. The van der Waals surface area contributed by atoms with Gasteiger partial charge >= 0.3 is 0 Å². The zero-order chi connectivity index (χ0) is 20.4. The first-order chi connectivity index (χ1) is 14.1. The molecule has 1 aliphatic heterocycles. The summed E-state index contributed by atoms with van der Waals surface area (Å²) in [6, 6.07) is 29.9. The second-order valence-corrected chi connectivity index (χ2v) is 8.24. The van der Waals surface area contributed by atoms with Gasteiger partial charge in [0.15, 0.2) is 0 Å². The summed E-state index contributed by atoms with van der Waals surface area (Å²) < 4.78 is 0. The Morgan fingerprint density at radius 1 is 0.793 bits per heavy atom. The van der Waals surface area contributed by atoms with Gasteiger partial charge in [-0.1, -0.05) is 77.8 Å². The van der Waals surface area contributed by atoms with E-state index in [9.17, 15) is 0 Å². The van der Waals surface area contributed by atoms with Crippen LogP contribution in [0.25, 0.3) is 5.57 Å². The lowest BCUT2D eigenvalue weighted by molar-refractivity contribution is 0.803. The predicted molar refractivity (Wildman–Crippen MR) is 125 cm³/mol. The number of anilines is 1. The number of nitrogens with zero attached hydrogens (tertiary/aromatic N) is 1. The van der Waals surface area contributed by atoms with E-state index in [0.717, 1.165) is 11.6 Å². The quantitative estimate of drug-likeness (QED) is 0.435. The SMILES string of the molecule is CC(C)=C1/C(=C(\C)c2ccccc2)CN(c2ccccc2)C1c1ccc(Cl)cc1. The second kappa shape index (κ2) is 8.31. The van der Waals surface area contributed by atoms with E-state index < -0.39 is 0 Å². The van der Waals surface area contributed by atoms with Crippen LogP contribution >= 0.6 is 11.6 Å². The largest absolute Gasteiger partial charge is 0.356 e. The summed E-state index contributed by atoms with van der Waals surface area (Å²) >= 11 is 6.19. The highest BCUT2D eigenvalue weighted by atomic mass is 35.5. The molecule has 3 aromatic carbocycles. The molecular formula is C27H26ClN. The molecule has 1 nitrogen and oxygen atoms in total. The van der Waals surface area contributed by atoms with Crippen molar-refractivity contribution in [3.8, 4) is 0 Å². The Bertz CT molecular complexity index is 1040. The topological polar surface area (TPSA) is 3.24 Å². The van der Waals surface area contributed by atoms with Gasteiger partial charge in [0.05, 0.1) is 6.04 Å². The van der Waals surface area contributed by atoms with E-state index in [1.54, 1.807) is 0 Å². The average Bonchev–Trinajstić information content (AvgIpc) is 3.16. The van der Waals surface area contributed by atoms with E-state index in [1.807, 2.05) is 12.1 Å². The van der Waals surface area contributed by atoms with Crippen molar-refractivity contribution in [1.82, 2.24) is 0 Å². The molecule has 0 aliphatic carbocycles. The number of benzene rings is 3. The van der Waals surface area contributed by atoms with Crippen molar-refractivity contribution in [2.75, 3.05) is 11.4 Å². The number of hydrogen-bond donors (Lipinski definition) is 0. The highest BCUT2D eigenvalue weighted by Gasteiger charge is 2.36. The van der Waals surface area contributed by atoms with Crippen molar-refractivity contribution in [1.29, 1.82) is 0 Å². The monoisotopic (exact) mass is 399 g/mol. The first kappa shape index (κ1) is 19.5. The van der Waals surface area contributed by atoms with Crippen LogP contribution in [0.5, 0.6) is 0 Å². The van der Waals surface area contributed by atoms with Crippen LogP contribution in [-0.4, -0.2) is 6.54 Å². The van der Waals surface area contributed by atoms with Crippen molar-refractivity contribution in [3.63, 3.8) is 0 Å². The second-order valence-electron chi connectivity index (χ2n) is 7.80. The third kappa shape index (κ3) is 3.88. The number of hydrogen-bond acceptors (Lipinski definition) is 1. The maximum atomic E-state index is 6.19. The smallest absolute Gasteiger partial charge is 0.0802 e. The molecular weight excluding hydrogens is 374 g/mol. The molecule has 2 heteroatoms. The van der Waals surface area contributed by atoms with Gasteiger partial charge < -0.3 is 4.90 Å². The van der Waals surface area contributed by atoms with Gasteiger partial charge in [0.2, 0.25) is 0 Å².